The molecule has 34 heavy (non-hydrogen) atoms. The van der Waals surface area contributed by atoms with E-state index in [1.165, 1.54) is 11.8 Å². The van der Waals surface area contributed by atoms with Crippen LogP contribution in [0.25, 0.3) is 27.8 Å². The molecule has 2 heterocycles. The molecule has 0 spiro atoms. The molecular formula is C26H20ClN5OS. The van der Waals surface area contributed by atoms with Crippen molar-refractivity contribution in [2.24, 2.45) is 0 Å². The van der Waals surface area contributed by atoms with Crippen LogP contribution in [0.5, 0.6) is 0 Å². The van der Waals surface area contributed by atoms with Crippen molar-refractivity contribution in [2.45, 2.75) is 17.3 Å². The SMILES string of the molecule is C[C@@H](Sc1nnc(-c2ccncc2)n1-c1ccc(Cl)cc1)C(=O)Nc1ccc2ccccc2c1. The van der Waals surface area contributed by atoms with Crippen LogP contribution in [0.1, 0.15) is 6.92 Å². The van der Waals surface area contributed by atoms with Crippen LogP contribution < -0.4 is 5.32 Å². The minimum atomic E-state index is -0.410. The highest BCUT2D eigenvalue weighted by Gasteiger charge is 2.22. The summed E-state index contributed by atoms with van der Waals surface area (Å²) in [6, 6.07) is 25.1. The maximum atomic E-state index is 13.0. The third-order valence-electron chi connectivity index (χ3n) is 5.33. The van der Waals surface area contributed by atoms with Crippen LogP contribution in [-0.2, 0) is 4.79 Å². The first kappa shape index (κ1) is 22.1. The molecule has 0 fully saturated rings. The Morgan fingerprint density at radius 2 is 1.68 bits per heavy atom. The first-order valence-corrected chi connectivity index (χ1v) is 11.9. The Labute approximate surface area is 206 Å². The van der Waals surface area contributed by atoms with Gasteiger partial charge in [0, 0.05) is 34.4 Å². The van der Waals surface area contributed by atoms with Crippen LogP contribution in [0.4, 0.5) is 5.69 Å². The van der Waals surface area contributed by atoms with E-state index < -0.39 is 5.25 Å². The summed E-state index contributed by atoms with van der Waals surface area (Å²) >= 11 is 7.45. The number of fused-ring (bicyclic) bond motifs is 1. The highest BCUT2D eigenvalue weighted by molar-refractivity contribution is 8.00. The van der Waals surface area contributed by atoms with Crippen LogP contribution in [0.2, 0.25) is 5.02 Å². The molecule has 0 aliphatic carbocycles. The zero-order valence-electron chi connectivity index (χ0n) is 18.2. The third-order valence-corrected chi connectivity index (χ3v) is 6.62. The summed E-state index contributed by atoms with van der Waals surface area (Å²) in [7, 11) is 0. The van der Waals surface area contributed by atoms with E-state index in [-0.39, 0.29) is 5.91 Å². The number of nitrogens with one attached hydrogen (secondary N) is 1. The third kappa shape index (κ3) is 4.66. The smallest absolute Gasteiger partial charge is 0.237 e. The molecule has 0 saturated heterocycles. The molecule has 5 aromatic rings. The standard InChI is InChI=1S/C26H20ClN5OS/c1-17(25(33)29-22-9-6-18-4-2-3-5-20(18)16-22)34-26-31-30-24(19-12-14-28-15-13-19)32(26)23-10-7-21(27)8-11-23/h2-17H,1H3,(H,29,33)/t17-/m1/s1. The fourth-order valence-corrected chi connectivity index (χ4v) is 4.57. The molecule has 1 atom stereocenters. The maximum absolute atomic E-state index is 13.0. The van der Waals surface area contributed by atoms with Gasteiger partial charge in [-0.2, -0.15) is 0 Å². The highest BCUT2D eigenvalue weighted by atomic mass is 35.5. The summed E-state index contributed by atoms with van der Waals surface area (Å²) in [6.07, 6.45) is 3.42. The van der Waals surface area contributed by atoms with Crippen LogP contribution in [0, 0.1) is 0 Å². The summed E-state index contributed by atoms with van der Waals surface area (Å²) in [5.41, 5.74) is 2.48. The zero-order valence-corrected chi connectivity index (χ0v) is 19.8. The van der Waals surface area contributed by atoms with Gasteiger partial charge in [-0.3, -0.25) is 14.3 Å². The Kier molecular flexibility index (Phi) is 6.29. The van der Waals surface area contributed by atoms with Gasteiger partial charge in [0.2, 0.25) is 5.91 Å². The fraction of sp³-hybridized carbons (Fsp3) is 0.0769. The van der Waals surface area contributed by atoms with Crippen molar-refractivity contribution in [3.05, 3.63) is 96.3 Å². The lowest BCUT2D eigenvalue weighted by Gasteiger charge is -2.14. The molecule has 168 valence electrons. The van der Waals surface area contributed by atoms with Crippen LogP contribution >= 0.6 is 23.4 Å². The Balaban J connectivity index is 1.42. The van der Waals surface area contributed by atoms with Crippen molar-refractivity contribution in [1.29, 1.82) is 0 Å². The summed E-state index contributed by atoms with van der Waals surface area (Å²) in [5, 5.41) is 14.9. The van der Waals surface area contributed by atoms with Gasteiger partial charge < -0.3 is 5.32 Å². The second kappa shape index (κ2) is 9.67. The Bertz CT molecular complexity index is 1450. The van der Waals surface area contributed by atoms with Crippen LogP contribution in [-0.4, -0.2) is 30.9 Å². The van der Waals surface area contributed by atoms with Crippen molar-refractivity contribution in [1.82, 2.24) is 19.7 Å². The normalized spacial score (nSPS) is 11.9. The molecule has 0 unspecified atom stereocenters. The molecular weight excluding hydrogens is 466 g/mol. The fourth-order valence-electron chi connectivity index (χ4n) is 3.58. The van der Waals surface area contributed by atoms with E-state index in [1.807, 2.05) is 90.4 Å². The average molecular weight is 486 g/mol. The largest absolute Gasteiger partial charge is 0.325 e. The first-order valence-electron chi connectivity index (χ1n) is 10.7. The number of hydrogen-bond donors (Lipinski definition) is 1. The molecule has 8 heteroatoms. The number of thioether (sulfide) groups is 1. The van der Waals surface area contributed by atoms with Gasteiger partial charge >= 0.3 is 0 Å². The van der Waals surface area contributed by atoms with Crippen molar-refractivity contribution < 1.29 is 4.79 Å². The van der Waals surface area contributed by atoms with Gasteiger partial charge in [-0.1, -0.05) is 53.7 Å². The summed E-state index contributed by atoms with van der Waals surface area (Å²) in [4.78, 5) is 17.1. The monoisotopic (exact) mass is 485 g/mol. The number of halogens is 1. The van der Waals surface area contributed by atoms with E-state index in [0.29, 0.717) is 16.0 Å². The highest BCUT2D eigenvalue weighted by Crippen LogP contribution is 2.31. The minimum absolute atomic E-state index is 0.114. The molecule has 6 nitrogen and oxygen atoms in total. The van der Waals surface area contributed by atoms with Crippen molar-refractivity contribution in [2.75, 3.05) is 5.32 Å². The number of amides is 1. The van der Waals surface area contributed by atoms with E-state index in [0.717, 1.165) is 27.7 Å². The number of hydrogen-bond acceptors (Lipinski definition) is 5. The number of carbonyl (C=O) groups excluding carboxylic acids is 1. The van der Waals surface area contributed by atoms with Gasteiger partial charge in [0.25, 0.3) is 0 Å². The number of nitrogens with zero attached hydrogens (tertiary/aromatic N) is 4. The topological polar surface area (TPSA) is 72.7 Å². The van der Waals surface area contributed by atoms with Gasteiger partial charge in [0.05, 0.1) is 5.25 Å². The quantitative estimate of drug-likeness (QED) is 0.287. The molecule has 1 amide bonds. The molecule has 0 bridgehead atoms. The van der Waals surface area contributed by atoms with Gasteiger partial charge in [-0.15, -0.1) is 10.2 Å². The average Bonchev–Trinajstić information content (AvgIpc) is 3.28. The number of aromatic nitrogens is 4. The summed E-state index contributed by atoms with van der Waals surface area (Å²) in [6.45, 7) is 1.86. The molecule has 0 aliphatic rings. The van der Waals surface area contributed by atoms with Gasteiger partial charge in [0.1, 0.15) is 0 Å². The van der Waals surface area contributed by atoms with Gasteiger partial charge in [0.15, 0.2) is 11.0 Å². The summed E-state index contributed by atoms with van der Waals surface area (Å²) < 4.78 is 1.93. The Hall–Kier alpha value is -3.68. The van der Waals surface area contributed by atoms with E-state index in [1.54, 1.807) is 12.4 Å². The zero-order chi connectivity index (χ0) is 23.5. The van der Waals surface area contributed by atoms with Gasteiger partial charge in [-0.25, -0.2) is 0 Å². The number of benzene rings is 3. The molecule has 5 rings (SSSR count). The maximum Gasteiger partial charge on any atom is 0.237 e. The lowest BCUT2D eigenvalue weighted by Crippen LogP contribution is -2.22. The number of rotatable bonds is 6. The Morgan fingerprint density at radius 1 is 0.941 bits per heavy atom. The van der Waals surface area contributed by atoms with Crippen molar-refractivity contribution >= 4 is 45.7 Å². The molecule has 0 saturated carbocycles. The molecule has 0 radical (unpaired) electrons. The Morgan fingerprint density at radius 3 is 2.44 bits per heavy atom. The van der Waals surface area contributed by atoms with E-state index in [9.17, 15) is 4.79 Å². The number of carbonyl (C=O) groups is 1. The molecule has 3 aromatic carbocycles. The minimum Gasteiger partial charge on any atom is -0.325 e. The number of anilines is 1. The first-order chi connectivity index (χ1) is 16.6. The van der Waals surface area contributed by atoms with Crippen LogP contribution in [0.15, 0.2) is 96.4 Å². The number of pyridine rings is 1. The predicted molar refractivity (Wildman–Crippen MR) is 137 cm³/mol. The van der Waals surface area contributed by atoms with Crippen LogP contribution in [0.3, 0.4) is 0 Å². The predicted octanol–water partition coefficient (Wildman–Crippen LogP) is 6.26. The van der Waals surface area contributed by atoms with Gasteiger partial charge in [-0.05, 0) is 66.2 Å². The van der Waals surface area contributed by atoms with E-state index >= 15 is 0 Å². The van der Waals surface area contributed by atoms with Crippen molar-refractivity contribution in [3.8, 4) is 17.1 Å². The summed E-state index contributed by atoms with van der Waals surface area (Å²) in [5.74, 6) is 0.547. The molecule has 1 N–H and O–H groups in total. The second-order valence-corrected chi connectivity index (χ2v) is 9.41. The lowest BCUT2D eigenvalue weighted by atomic mass is 10.1. The van der Waals surface area contributed by atoms with Crippen molar-refractivity contribution in [3.63, 3.8) is 0 Å². The molecule has 2 aromatic heterocycles. The second-order valence-electron chi connectivity index (χ2n) is 7.67. The van der Waals surface area contributed by atoms with E-state index in [2.05, 4.69) is 20.5 Å². The molecule has 0 aliphatic heterocycles. The lowest BCUT2D eigenvalue weighted by molar-refractivity contribution is -0.115. The van der Waals surface area contributed by atoms with E-state index in [4.69, 9.17) is 11.6 Å².